The zero-order valence-corrected chi connectivity index (χ0v) is 9.24. The van der Waals surface area contributed by atoms with Gasteiger partial charge in [-0.15, -0.1) is 0 Å². The Labute approximate surface area is 90.4 Å². The lowest BCUT2D eigenvalue weighted by Crippen LogP contribution is -2.31. The molecule has 0 aromatic carbocycles. The molecule has 0 rings (SSSR count). The second kappa shape index (κ2) is 9.89. The summed E-state index contributed by atoms with van der Waals surface area (Å²) in [5.41, 5.74) is 0. The summed E-state index contributed by atoms with van der Waals surface area (Å²) in [5.74, 6) is -0.837. The van der Waals surface area contributed by atoms with Crippen molar-refractivity contribution in [3.63, 3.8) is 0 Å². The molecule has 0 heterocycles. The number of aliphatic carboxylic acids is 1. The van der Waals surface area contributed by atoms with Crippen LogP contribution in [0.5, 0.6) is 0 Å². The van der Waals surface area contributed by atoms with Crippen LogP contribution in [0.4, 0.5) is 0 Å². The molecule has 1 unspecified atom stereocenters. The number of rotatable bonds is 10. The Hall–Kier alpha value is -0.650. The van der Waals surface area contributed by atoms with E-state index in [9.17, 15) is 9.90 Å². The molecule has 5 nitrogen and oxygen atoms in total. The summed E-state index contributed by atoms with van der Waals surface area (Å²) in [7, 11) is 0. The normalized spacial score (nSPS) is 12.7. The molecular formula is C10H21NO4. The monoisotopic (exact) mass is 219 g/mol. The molecule has 0 saturated carbocycles. The molecule has 0 aliphatic rings. The molecule has 90 valence electrons. The fourth-order valence-corrected chi connectivity index (χ4v) is 0.989. The number of nitrogens with one attached hydrogen (secondary N) is 1. The van der Waals surface area contributed by atoms with Gasteiger partial charge in [0.2, 0.25) is 0 Å². The second-order valence-electron chi connectivity index (χ2n) is 3.43. The van der Waals surface area contributed by atoms with Crippen molar-refractivity contribution < 1.29 is 19.7 Å². The third-order valence-electron chi connectivity index (χ3n) is 1.85. The van der Waals surface area contributed by atoms with Crippen LogP contribution in [0, 0.1) is 0 Å². The lowest BCUT2D eigenvalue weighted by atomic mass is 10.3. The van der Waals surface area contributed by atoms with Gasteiger partial charge in [0, 0.05) is 19.7 Å². The van der Waals surface area contributed by atoms with Crippen molar-refractivity contribution >= 4 is 5.97 Å². The lowest BCUT2D eigenvalue weighted by molar-refractivity contribution is -0.136. The smallest absolute Gasteiger partial charge is 0.304 e. The van der Waals surface area contributed by atoms with Crippen molar-refractivity contribution in [1.29, 1.82) is 0 Å². The molecule has 0 saturated heterocycles. The van der Waals surface area contributed by atoms with E-state index in [0.717, 1.165) is 12.8 Å². The lowest BCUT2D eigenvalue weighted by Gasteiger charge is -2.11. The Balaban J connectivity index is 3.18. The zero-order valence-electron chi connectivity index (χ0n) is 9.24. The van der Waals surface area contributed by atoms with E-state index in [1.807, 2.05) is 0 Å². The molecule has 3 N–H and O–H groups in total. The maximum atomic E-state index is 10.2. The molecule has 0 aliphatic carbocycles. The predicted molar refractivity (Wildman–Crippen MR) is 56.9 cm³/mol. The van der Waals surface area contributed by atoms with Crippen molar-refractivity contribution in [2.75, 3.05) is 26.3 Å². The van der Waals surface area contributed by atoms with Gasteiger partial charge in [-0.05, 0) is 6.42 Å². The molecule has 1 atom stereocenters. The van der Waals surface area contributed by atoms with Gasteiger partial charge in [-0.25, -0.2) is 0 Å². The molecular weight excluding hydrogens is 198 g/mol. The number of carboxylic acids is 1. The molecule has 0 radical (unpaired) electrons. The Kier molecular flexibility index (Phi) is 9.46. The largest absolute Gasteiger partial charge is 0.481 e. The molecule has 0 aliphatic heterocycles. The van der Waals surface area contributed by atoms with Gasteiger partial charge in [-0.1, -0.05) is 13.3 Å². The first-order valence-corrected chi connectivity index (χ1v) is 5.35. The van der Waals surface area contributed by atoms with Crippen molar-refractivity contribution in [2.45, 2.75) is 32.3 Å². The first-order chi connectivity index (χ1) is 7.16. The Bertz CT molecular complexity index is 164. The van der Waals surface area contributed by atoms with Crippen LogP contribution in [0.25, 0.3) is 0 Å². The maximum absolute atomic E-state index is 10.2. The zero-order chi connectivity index (χ0) is 11.5. The van der Waals surface area contributed by atoms with Gasteiger partial charge in [-0.3, -0.25) is 4.79 Å². The molecule has 0 fully saturated rings. The van der Waals surface area contributed by atoms with Gasteiger partial charge in [0.1, 0.15) is 0 Å². The van der Waals surface area contributed by atoms with E-state index in [1.165, 1.54) is 0 Å². The van der Waals surface area contributed by atoms with E-state index in [0.29, 0.717) is 26.3 Å². The Morgan fingerprint density at radius 1 is 1.53 bits per heavy atom. The van der Waals surface area contributed by atoms with Crippen LogP contribution in [-0.4, -0.2) is 48.6 Å². The average Bonchev–Trinajstić information content (AvgIpc) is 2.19. The highest BCUT2D eigenvalue weighted by Crippen LogP contribution is 1.90. The number of hydrogen-bond acceptors (Lipinski definition) is 4. The van der Waals surface area contributed by atoms with Crippen LogP contribution in [0.2, 0.25) is 0 Å². The highest BCUT2D eigenvalue weighted by molar-refractivity contribution is 5.66. The number of unbranched alkanes of at least 4 members (excludes halogenated alkanes) is 1. The fraction of sp³-hybridized carbons (Fsp3) is 0.900. The minimum absolute atomic E-state index is 0.0728. The van der Waals surface area contributed by atoms with Gasteiger partial charge < -0.3 is 20.3 Å². The van der Waals surface area contributed by atoms with Gasteiger partial charge >= 0.3 is 5.97 Å². The average molecular weight is 219 g/mol. The summed E-state index contributed by atoms with van der Waals surface area (Å²) in [6, 6.07) is 0. The van der Waals surface area contributed by atoms with Crippen LogP contribution in [-0.2, 0) is 9.53 Å². The molecule has 0 aromatic heterocycles. The van der Waals surface area contributed by atoms with Crippen LogP contribution < -0.4 is 5.32 Å². The summed E-state index contributed by atoms with van der Waals surface area (Å²) in [4.78, 5) is 10.2. The van der Waals surface area contributed by atoms with E-state index in [4.69, 9.17) is 9.84 Å². The SMILES string of the molecule is CCCCOCC(O)CNCCC(=O)O. The maximum Gasteiger partial charge on any atom is 0.304 e. The van der Waals surface area contributed by atoms with E-state index < -0.39 is 12.1 Å². The summed E-state index contributed by atoms with van der Waals surface area (Å²) >= 11 is 0. The summed E-state index contributed by atoms with van der Waals surface area (Å²) in [6.45, 7) is 3.80. The quantitative estimate of drug-likeness (QED) is 0.458. The minimum atomic E-state index is -0.837. The summed E-state index contributed by atoms with van der Waals surface area (Å²) in [5, 5.41) is 20.6. The highest BCUT2D eigenvalue weighted by atomic mass is 16.5. The Morgan fingerprint density at radius 3 is 2.87 bits per heavy atom. The first kappa shape index (κ1) is 14.3. The van der Waals surface area contributed by atoms with Gasteiger partial charge in [0.15, 0.2) is 0 Å². The molecule has 15 heavy (non-hydrogen) atoms. The predicted octanol–water partition coefficient (Wildman–Crippen LogP) is 0.228. The van der Waals surface area contributed by atoms with E-state index in [-0.39, 0.29) is 6.42 Å². The topological polar surface area (TPSA) is 78.8 Å². The van der Waals surface area contributed by atoms with Crippen molar-refractivity contribution in [2.24, 2.45) is 0 Å². The molecule has 0 bridgehead atoms. The van der Waals surface area contributed by atoms with Crippen LogP contribution in [0.3, 0.4) is 0 Å². The molecule has 0 spiro atoms. The number of aliphatic hydroxyl groups excluding tert-OH is 1. The number of carbonyl (C=O) groups is 1. The van der Waals surface area contributed by atoms with E-state index in [1.54, 1.807) is 0 Å². The second-order valence-corrected chi connectivity index (χ2v) is 3.43. The number of carboxylic acid groups (broad SMARTS) is 1. The molecule has 5 heteroatoms. The van der Waals surface area contributed by atoms with Crippen molar-refractivity contribution in [3.05, 3.63) is 0 Å². The fourth-order valence-electron chi connectivity index (χ4n) is 0.989. The third kappa shape index (κ3) is 11.3. The molecule has 0 aromatic rings. The van der Waals surface area contributed by atoms with Crippen LogP contribution >= 0.6 is 0 Å². The standard InChI is InChI=1S/C10H21NO4/c1-2-3-6-15-8-9(12)7-11-5-4-10(13)14/h9,11-12H,2-8H2,1H3,(H,13,14). The van der Waals surface area contributed by atoms with Gasteiger partial charge in [-0.2, -0.15) is 0 Å². The number of hydrogen-bond donors (Lipinski definition) is 3. The number of aliphatic hydroxyl groups is 1. The third-order valence-corrected chi connectivity index (χ3v) is 1.85. The van der Waals surface area contributed by atoms with Crippen molar-refractivity contribution in [1.82, 2.24) is 5.32 Å². The van der Waals surface area contributed by atoms with Gasteiger partial charge in [0.05, 0.1) is 19.1 Å². The minimum Gasteiger partial charge on any atom is -0.481 e. The van der Waals surface area contributed by atoms with E-state index in [2.05, 4.69) is 12.2 Å². The first-order valence-electron chi connectivity index (χ1n) is 5.35. The van der Waals surface area contributed by atoms with Crippen molar-refractivity contribution in [3.8, 4) is 0 Å². The van der Waals surface area contributed by atoms with Crippen LogP contribution in [0.1, 0.15) is 26.2 Å². The summed E-state index contributed by atoms with van der Waals surface area (Å²) < 4.78 is 5.21. The molecule has 0 amide bonds. The van der Waals surface area contributed by atoms with Crippen LogP contribution in [0.15, 0.2) is 0 Å². The Morgan fingerprint density at radius 2 is 2.27 bits per heavy atom. The highest BCUT2D eigenvalue weighted by Gasteiger charge is 2.03. The summed E-state index contributed by atoms with van der Waals surface area (Å²) in [6.07, 6.45) is 1.59. The number of ether oxygens (including phenoxy) is 1. The van der Waals surface area contributed by atoms with Gasteiger partial charge in [0.25, 0.3) is 0 Å². The van der Waals surface area contributed by atoms with E-state index >= 15 is 0 Å².